The van der Waals surface area contributed by atoms with Crippen LogP contribution in [0.2, 0.25) is 0 Å². The van der Waals surface area contributed by atoms with Crippen molar-refractivity contribution >= 4 is 23.4 Å². The number of carbonyl (C=O) groups is 1. The van der Waals surface area contributed by atoms with E-state index in [4.69, 9.17) is 0 Å². The normalized spacial score (nSPS) is 10.4. The molecular weight excluding hydrogens is 206 g/mol. The van der Waals surface area contributed by atoms with Crippen molar-refractivity contribution < 1.29 is 14.5 Å². The molecule has 0 radical (unpaired) electrons. The van der Waals surface area contributed by atoms with Crippen molar-refractivity contribution in [2.24, 2.45) is 0 Å². The molecule has 0 aliphatic heterocycles. The van der Waals surface area contributed by atoms with E-state index in [0.717, 1.165) is 6.20 Å². The van der Waals surface area contributed by atoms with E-state index in [1.165, 1.54) is 30.6 Å². The quantitative estimate of drug-likeness (QED) is 0.436. The molecule has 6 heteroatoms. The number of hydrogen-bond donors (Lipinski definition) is 0. The molecule has 0 unspecified atom stereocenters. The fraction of sp³-hybridized carbons (Fsp3) is 0.125. The lowest BCUT2D eigenvalue weighted by molar-refractivity contribution is -0.400. The van der Waals surface area contributed by atoms with Crippen LogP contribution in [0.25, 0.3) is 6.08 Å². The molecule has 0 aromatic carbocycles. The molecule has 5 nitrogen and oxygen atoms in total. The Labute approximate surface area is 83.8 Å². The van der Waals surface area contributed by atoms with Crippen molar-refractivity contribution in [3.63, 3.8) is 0 Å². The third-order valence-electron chi connectivity index (χ3n) is 1.40. The van der Waals surface area contributed by atoms with E-state index < -0.39 is 10.9 Å². The van der Waals surface area contributed by atoms with Gasteiger partial charge in [-0.3, -0.25) is 10.1 Å². The topological polar surface area (TPSA) is 69.4 Å². The molecule has 74 valence electrons. The van der Waals surface area contributed by atoms with Crippen LogP contribution in [0.3, 0.4) is 0 Å². The first-order chi connectivity index (χ1) is 6.63. The SMILES string of the molecule is COC(=O)c1csc(/C=C/[N+](=O)[O-])c1. The van der Waals surface area contributed by atoms with Crippen molar-refractivity contribution in [1.29, 1.82) is 0 Å². The van der Waals surface area contributed by atoms with E-state index in [1.807, 2.05) is 0 Å². The van der Waals surface area contributed by atoms with Gasteiger partial charge in [-0.2, -0.15) is 0 Å². The van der Waals surface area contributed by atoms with Crippen LogP contribution in [0, 0.1) is 10.1 Å². The summed E-state index contributed by atoms with van der Waals surface area (Å²) in [5.74, 6) is -0.443. The standard InChI is InChI=1S/C8H7NO4S/c1-13-8(10)6-4-7(14-5-6)2-3-9(11)12/h2-5H,1H3/b3-2+. The van der Waals surface area contributed by atoms with Crippen LogP contribution in [0.1, 0.15) is 15.2 Å². The highest BCUT2D eigenvalue weighted by molar-refractivity contribution is 7.11. The van der Waals surface area contributed by atoms with Gasteiger partial charge in [-0.05, 0) is 6.07 Å². The number of rotatable bonds is 3. The minimum atomic E-state index is -0.558. The van der Waals surface area contributed by atoms with Gasteiger partial charge in [0.2, 0.25) is 6.20 Å². The number of hydrogen-bond acceptors (Lipinski definition) is 5. The fourth-order valence-corrected chi connectivity index (χ4v) is 1.56. The first-order valence-corrected chi connectivity index (χ1v) is 4.50. The Hall–Kier alpha value is -1.69. The molecule has 1 aromatic heterocycles. The summed E-state index contributed by atoms with van der Waals surface area (Å²) < 4.78 is 4.48. The van der Waals surface area contributed by atoms with Gasteiger partial charge >= 0.3 is 5.97 Å². The van der Waals surface area contributed by atoms with E-state index in [1.54, 1.807) is 5.38 Å². The van der Waals surface area contributed by atoms with Crippen molar-refractivity contribution in [1.82, 2.24) is 0 Å². The van der Waals surface area contributed by atoms with E-state index in [-0.39, 0.29) is 0 Å². The molecule has 0 bridgehead atoms. The summed E-state index contributed by atoms with van der Waals surface area (Å²) in [5.41, 5.74) is 0.403. The summed E-state index contributed by atoms with van der Waals surface area (Å²) in [6, 6.07) is 1.54. The molecule has 0 spiro atoms. The fourth-order valence-electron chi connectivity index (χ4n) is 0.799. The highest BCUT2D eigenvalue weighted by atomic mass is 32.1. The van der Waals surface area contributed by atoms with Crippen LogP contribution in [0.4, 0.5) is 0 Å². The number of thiophene rings is 1. The maximum Gasteiger partial charge on any atom is 0.338 e. The first-order valence-electron chi connectivity index (χ1n) is 3.62. The Morgan fingerprint density at radius 3 is 3.00 bits per heavy atom. The Morgan fingerprint density at radius 2 is 2.43 bits per heavy atom. The molecule has 0 saturated carbocycles. The second-order valence-corrected chi connectivity index (χ2v) is 3.27. The van der Waals surface area contributed by atoms with Crippen molar-refractivity contribution in [3.05, 3.63) is 38.2 Å². The lowest BCUT2D eigenvalue weighted by Crippen LogP contribution is -1.97. The van der Waals surface area contributed by atoms with Gasteiger partial charge in [-0.25, -0.2) is 4.79 Å². The van der Waals surface area contributed by atoms with E-state index in [9.17, 15) is 14.9 Å². The molecule has 0 aliphatic carbocycles. The maximum atomic E-state index is 11.0. The minimum Gasteiger partial charge on any atom is -0.465 e. The molecule has 0 aliphatic rings. The monoisotopic (exact) mass is 213 g/mol. The summed E-state index contributed by atoms with van der Waals surface area (Å²) in [6.45, 7) is 0. The average Bonchev–Trinajstić information content (AvgIpc) is 2.62. The van der Waals surface area contributed by atoms with E-state index in [2.05, 4.69) is 4.74 Å². The molecule has 14 heavy (non-hydrogen) atoms. The van der Waals surface area contributed by atoms with E-state index in [0.29, 0.717) is 10.4 Å². The number of methoxy groups -OCH3 is 1. The number of nitrogens with zero attached hydrogens (tertiary/aromatic N) is 1. The van der Waals surface area contributed by atoms with Crippen molar-refractivity contribution in [2.45, 2.75) is 0 Å². The Bertz CT molecular complexity index is 382. The van der Waals surface area contributed by atoms with Crippen molar-refractivity contribution in [2.75, 3.05) is 7.11 Å². The van der Waals surface area contributed by atoms with E-state index >= 15 is 0 Å². The van der Waals surface area contributed by atoms with Gasteiger partial charge in [-0.1, -0.05) is 0 Å². The zero-order valence-corrected chi connectivity index (χ0v) is 8.11. The second kappa shape index (κ2) is 4.52. The molecule has 0 fully saturated rings. The van der Waals surface area contributed by atoms with Crippen LogP contribution in [0.15, 0.2) is 17.6 Å². The minimum absolute atomic E-state index is 0.403. The molecule has 0 N–H and O–H groups in total. The second-order valence-electron chi connectivity index (χ2n) is 2.33. The predicted molar refractivity (Wildman–Crippen MR) is 51.7 cm³/mol. The van der Waals surface area contributed by atoms with Gasteiger partial charge in [0.1, 0.15) is 0 Å². The van der Waals surface area contributed by atoms with Gasteiger partial charge in [0.25, 0.3) is 0 Å². The first kappa shape index (κ1) is 10.4. The van der Waals surface area contributed by atoms with Crippen molar-refractivity contribution in [3.8, 4) is 0 Å². The number of nitro groups is 1. The third-order valence-corrected chi connectivity index (χ3v) is 2.30. The Kier molecular flexibility index (Phi) is 3.35. The summed E-state index contributed by atoms with van der Waals surface area (Å²) in [4.78, 5) is 21.1. The number of carbonyl (C=O) groups excluding carboxylic acids is 1. The van der Waals surface area contributed by atoms with Crippen LogP contribution < -0.4 is 0 Å². The number of ether oxygens (including phenoxy) is 1. The lowest BCUT2D eigenvalue weighted by Gasteiger charge is -1.91. The Balaban J connectivity index is 2.78. The summed E-state index contributed by atoms with van der Waals surface area (Å²) in [7, 11) is 1.28. The predicted octanol–water partition coefficient (Wildman–Crippen LogP) is 1.78. The van der Waals surface area contributed by atoms with Crippen LogP contribution in [0.5, 0.6) is 0 Å². The number of esters is 1. The van der Waals surface area contributed by atoms with Gasteiger partial charge in [0, 0.05) is 16.3 Å². The molecular formula is C8H7NO4S. The molecule has 0 amide bonds. The van der Waals surface area contributed by atoms with Crippen LogP contribution in [-0.2, 0) is 4.74 Å². The molecule has 0 saturated heterocycles. The smallest absolute Gasteiger partial charge is 0.338 e. The van der Waals surface area contributed by atoms with Gasteiger partial charge < -0.3 is 4.74 Å². The maximum absolute atomic E-state index is 11.0. The average molecular weight is 213 g/mol. The zero-order valence-electron chi connectivity index (χ0n) is 7.30. The third kappa shape index (κ3) is 2.67. The zero-order chi connectivity index (χ0) is 10.6. The summed E-state index contributed by atoms with van der Waals surface area (Å²) in [5, 5.41) is 11.6. The highest BCUT2D eigenvalue weighted by Crippen LogP contribution is 2.16. The van der Waals surface area contributed by atoms with Gasteiger partial charge in [0.05, 0.1) is 17.6 Å². The van der Waals surface area contributed by atoms with Gasteiger partial charge in [0.15, 0.2) is 0 Å². The molecule has 1 aromatic rings. The molecule has 1 heterocycles. The summed E-state index contributed by atoms with van der Waals surface area (Å²) in [6.07, 6.45) is 2.16. The van der Waals surface area contributed by atoms with Crippen LogP contribution >= 0.6 is 11.3 Å². The molecule has 1 rings (SSSR count). The van der Waals surface area contributed by atoms with Crippen LogP contribution in [-0.4, -0.2) is 18.0 Å². The highest BCUT2D eigenvalue weighted by Gasteiger charge is 2.07. The molecule has 0 atom stereocenters. The summed E-state index contributed by atoms with van der Waals surface area (Å²) >= 11 is 1.24. The Morgan fingerprint density at radius 1 is 1.71 bits per heavy atom. The lowest BCUT2D eigenvalue weighted by atomic mass is 10.3. The largest absolute Gasteiger partial charge is 0.465 e. The van der Waals surface area contributed by atoms with Gasteiger partial charge in [-0.15, -0.1) is 11.3 Å².